The van der Waals surface area contributed by atoms with Crippen LogP contribution in [-0.4, -0.2) is 43.6 Å². The number of aromatic nitrogens is 2. The van der Waals surface area contributed by atoms with Gasteiger partial charge in [0.2, 0.25) is 21.7 Å². The summed E-state index contributed by atoms with van der Waals surface area (Å²) in [6, 6.07) is 13.3. The van der Waals surface area contributed by atoms with Crippen LogP contribution in [0.4, 0.5) is 0 Å². The highest BCUT2D eigenvalue weighted by Crippen LogP contribution is 2.23. The van der Waals surface area contributed by atoms with Crippen molar-refractivity contribution in [1.82, 2.24) is 14.4 Å². The molecule has 0 saturated heterocycles. The van der Waals surface area contributed by atoms with Gasteiger partial charge < -0.3 is 14.0 Å². The van der Waals surface area contributed by atoms with Crippen molar-refractivity contribution in [3.05, 3.63) is 67.1 Å². The molecule has 0 aliphatic rings. The highest BCUT2D eigenvalue weighted by Gasteiger charge is 2.26. The Hall–Kier alpha value is -3.17. The Morgan fingerprint density at radius 1 is 1.03 bits per heavy atom. The van der Waals surface area contributed by atoms with E-state index in [4.69, 9.17) is 14.0 Å². The number of benzene rings is 2. The first-order valence-electron chi connectivity index (χ1n) is 8.70. The van der Waals surface area contributed by atoms with E-state index in [1.165, 1.54) is 29.6 Å². The predicted octanol–water partition coefficient (Wildman–Crippen LogP) is 3.13. The van der Waals surface area contributed by atoms with Gasteiger partial charge in [0.05, 0.1) is 25.7 Å². The molecule has 8 nitrogen and oxygen atoms in total. The van der Waals surface area contributed by atoms with E-state index in [1.807, 2.05) is 0 Å². The van der Waals surface area contributed by atoms with Crippen molar-refractivity contribution in [2.45, 2.75) is 11.4 Å². The average Bonchev–Trinajstić information content (AvgIpc) is 3.22. The van der Waals surface area contributed by atoms with Gasteiger partial charge in [0.15, 0.2) is 0 Å². The second-order valence-electron chi connectivity index (χ2n) is 6.00. The molecule has 9 heteroatoms. The maximum Gasteiger partial charge on any atom is 0.243 e. The van der Waals surface area contributed by atoms with Crippen molar-refractivity contribution in [3.63, 3.8) is 0 Å². The van der Waals surface area contributed by atoms with Crippen LogP contribution in [0.2, 0.25) is 0 Å². The molecule has 152 valence electrons. The molecule has 0 N–H and O–H groups in total. The lowest BCUT2D eigenvalue weighted by Gasteiger charge is -2.19. The summed E-state index contributed by atoms with van der Waals surface area (Å²) in [5.74, 6) is 1.82. The highest BCUT2D eigenvalue weighted by atomic mass is 32.2. The van der Waals surface area contributed by atoms with Gasteiger partial charge in [-0.25, -0.2) is 8.42 Å². The minimum absolute atomic E-state index is 0.0798. The molecule has 3 aromatic rings. The van der Waals surface area contributed by atoms with Crippen molar-refractivity contribution in [1.29, 1.82) is 0 Å². The molecule has 0 radical (unpaired) electrons. The number of methoxy groups -OCH3 is 2. The summed E-state index contributed by atoms with van der Waals surface area (Å²) in [6.07, 6.45) is 1.50. The molecule has 0 saturated carbocycles. The third-order valence-electron chi connectivity index (χ3n) is 4.16. The standard InChI is InChI=1S/C20H21N3O5S/c1-4-13-23(29(24,25)18-11-9-17(27-3)10-12-18)14-19-21-20(22-28-19)15-5-7-16(26-2)8-6-15/h4-12H,1,13-14H2,2-3H3. The fourth-order valence-corrected chi connectivity index (χ4v) is 3.98. The molecule has 0 fully saturated rings. The Balaban J connectivity index is 1.82. The van der Waals surface area contributed by atoms with Crippen molar-refractivity contribution in [2.75, 3.05) is 20.8 Å². The van der Waals surface area contributed by atoms with E-state index in [0.29, 0.717) is 17.3 Å². The second-order valence-corrected chi connectivity index (χ2v) is 7.94. The first kappa shape index (κ1) is 20.6. The number of rotatable bonds is 9. The molecule has 0 amide bonds. The molecule has 0 atom stereocenters. The van der Waals surface area contributed by atoms with E-state index in [0.717, 1.165) is 5.56 Å². The normalized spacial score (nSPS) is 11.4. The van der Waals surface area contributed by atoms with E-state index in [2.05, 4.69) is 16.7 Å². The quantitative estimate of drug-likeness (QED) is 0.496. The number of nitrogens with zero attached hydrogens (tertiary/aromatic N) is 3. The van der Waals surface area contributed by atoms with Crippen LogP contribution < -0.4 is 9.47 Å². The molecule has 0 spiro atoms. The van der Waals surface area contributed by atoms with Crippen LogP contribution in [0.5, 0.6) is 11.5 Å². The number of ether oxygens (including phenoxy) is 2. The molecule has 1 aromatic heterocycles. The first-order chi connectivity index (χ1) is 14.0. The van der Waals surface area contributed by atoms with Gasteiger partial charge in [0.1, 0.15) is 11.5 Å². The zero-order valence-corrected chi connectivity index (χ0v) is 16.9. The van der Waals surface area contributed by atoms with Crippen LogP contribution in [0.15, 0.2) is 70.6 Å². The molecule has 0 aliphatic heterocycles. The number of sulfonamides is 1. The second kappa shape index (κ2) is 8.89. The van der Waals surface area contributed by atoms with Crippen LogP contribution in [-0.2, 0) is 16.6 Å². The molecule has 3 rings (SSSR count). The Morgan fingerprint density at radius 3 is 2.17 bits per heavy atom. The van der Waals surface area contributed by atoms with Gasteiger partial charge in [0.25, 0.3) is 0 Å². The smallest absolute Gasteiger partial charge is 0.243 e. The summed E-state index contributed by atoms with van der Waals surface area (Å²) in [6.45, 7) is 3.65. The van der Waals surface area contributed by atoms with Gasteiger partial charge in [0, 0.05) is 12.1 Å². The number of hydrogen-bond acceptors (Lipinski definition) is 7. The summed E-state index contributed by atoms with van der Waals surface area (Å²) < 4.78 is 42.7. The van der Waals surface area contributed by atoms with Crippen LogP contribution in [0.3, 0.4) is 0 Å². The molecule has 2 aromatic carbocycles. The summed E-state index contributed by atoms with van der Waals surface area (Å²) in [7, 11) is -0.689. The maximum absolute atomic E-state index is 13.0. The summed E-state index contributed by atoms with van der Waals surface area (Å²) >= 11 is 0. The molecular weight excluding hydrogens is 394 g/mol. The van der Waals surface area contributed by atoms with Gasteiger partial charge >= 0.3 is 0 Å². The third kappa shape index (κ3) is 4.64. The zero-order chi connectivity index (χ0) is 20.9. The monoisotopic (exact) mass is 415 g/mol. The fourth-order valence-electron chi connectivity index (χ4n) is 2.62. The Kier molecular flexibility index (Phi) is 6.30. The van der Waals surface area contributed by atoms with Crippen molar-refractivity contribution in [2.24, 2.45) is 0 Å². The Labute approximate surface area is 169 Å². The third-order valence-corrected chi connectivity index (χ3v) is 5.98. The van der Waals surface area contributed by atoms with E-state index < -0.39 is 10.0 Å². The van der Waals surface area contributed by atoms with Gasteiger partial charge in [-0.1, -0.05) is 11.2 Å². The lowest BCUT2D eigenvalue weighted by Crippen LogP contribution is -2.31. The SMILES string of the molecule is C=CCN(Cc1nc(-c2ccc(OC)cc2)no1)S(=O)(=O)c1ccc(OC)cc1. The largest absolute Gasteiger partial charge is 0.497 e. The Bertz CT molecular complexity index is 1060. The minimum atomic E-state index is -3.79. The van der Waals surface area contributed by atoms with Crippen LogP contribution in [0.25, 0.3) is 11.4 Å². The molecule has 1 heterocycles. The molecule has 0 unspecified atom stereocenters. The van der Waals surface area contributed by atoms with Gasteiger partial charge in [-0.3, -0.25) is 0 Å². The topological polar surface area (TPSA) is 94.8 Å². The van der Waals surface area contributed by atoms with E-state index in [9.17, 15) is 8.42 Å². The molecular formula is C20H21N3O5S. The summed E-state index contributed by atoms with van der Waals surface area (Å²) in [5, 5.41) is 3.94. The van der Waals surface area contributed by atoms with Crippen molar-refractivity contribution < 1.29 is 22.4 Å². The first-order valence-corrected chi connectivity index (χ1v) is 10.1. The van der Waals surface area contributed by atoms with Crippen LogP contribution in [0.1, 0.15) is 5.89 Å². The molecule has 0 bridgehead atoms. The molecule has 0 aliphatic carbocycles. The minimum Gasteiger partial charge on any atom is -0.497 e. The average molecular weight is 415 g/mol. The predicted molar refractivity (Wildman–Crippen MR) is 107 cm³/mol. The van der Waals surface area contributed by atoms with E-state index in [1.54, 1.807) is 43.5 Å². The molecule has 29 heavy (non-hydrogen) atoms. The number of hydrogen-bond donors (Lipinski definition) is 0. The summed E-state index contributed by atoms with van der Waals surface area (Å²) in [4.78, 5) is 4.45. The van der Waals surface area contributed by atoms with Gasteiger partial charge in [-0.05, 0) is 48.5 Å². The summed E-state index contributed by atoms with van der Waals surface area (Å²) in [5.41, 5.74) is 0.731. The van der Waals surface area contributed by atoms with Crippen molar-refractivity contribution >= 4 is 10.0 Å². The lowest BCUT2D eigenvalue weighted by molar-refractivity contribution is 0.327. The zero-order valence-electron chi connectivity index (χ0n) is 16.1. The highest BCUT2D eigenvalue weighted by molar-refractivity contribution is 7.89. The fraction of sp³-hybridized carbons (Fsp3) is 0.200. The van der Waals surface area contributed by atoms with E-state index in [-0.39, 0.29) is 23.9 Å². The lowest BCUT2D eigenvalue weighted by atomic mass is 10.2. The van der Waals surface area contributed by atoms with Crippen LogP contribution >= 0.6 is 0 Å². The van der Waals surface area contributed by atoms with Crippen molar-refractivity contribution in [3.8, 4) is 22.9 Å². The van der Waals surface area contributed by atoms with E-state index >= 15 is 0 Å². The van der Waals surface area contributed by atoms with Gasteiger partial charge in [-0.15, -0.1) is 6.58 Å². The maximum atomic E-state index is 13.0. The Morgan fingerprint density at radius 2 is 1.62 bits per heavy atom. The van der Waals surface area contributed by atoms with Crippen LogP contribution in [0, 0.1) is 0 Å². The van der Waals surface area contributed by atoms with Gasteiger partial charge in [-0.2, -0.15) is 9.29 Å².